The minimum absolute atomic E-state index is 0.0167. The van der Waals surface area contributed by atoms with Gasteiger partial charge in [-0.25, -0.2) is 0 Å². The van der Waals surface area contributed by atoms with Crippen LogP contribution in [-0.4, -0.2) is 57.1 Å². The zero-order valence-electron chi connectivity index (χ0n) is 20.0. The number of esters is 1. The molecular weight excluding hydrogens is 440 g/mol. The molecule has 0 aromatic carbocycles. The SMILES string of the molecule is C[C@@H]1CC2C3CCC4=CC(=O)C=CC4(C)C3C(O)CC2(C)[C@@]1(O)C(=O)COC(=O)CCC(=O)O. The minimum atomic E-state index is -1.77. The number of fused-ring (bicyclic) bond motifs is 5. The Bertz CT molecular complexity index is 981. The van der Waals surface area contributed by atoms with Gasteiger partial charge >= 0.3 is 11.9 Å². The summed E-state index contributed by atoms with van der Waals surface area (Å²) in [5.41, 5.74) is -2.07. The van der Waals surface area contributed by atoms with Crippen molar-refractivity contribution in [1.29, 1.82) is 0 Å². The van der Waals surface area contributed by atoms with Gasteiger partial charge in [0, 0.05) is 16.7 Å². The van der Waals surface area contributed by atoms with E-state index in [1.54, 1.807) is 12.2 Å². The summed E-state index contributed by atoms with van der Waals surface area (Å²) in [5, 5.41) is 32.0. The first kappa shape index (κ1) is 24.8. The van der Waals surface area contributed by atoms with E-state index in [1.165, 1.54) is 0 Å². The number of rotatable bonds is 6. The zero-order valence-corrected chi connectivity index (χ0v) is 20.0. The standard InChI is InChI=1S/C26H34O8/c1-14-10-18-17-5-4-15-11-16(27)8-9-24(15,2)23(17)19(28)12-25(18,3)26(14,33)20(29)13-34-22(32)7-6-21(30)31/h8-9,11,14,17-19,23,28,33H,4-7,10,12-13H2,1-3H3,(H,30,31)/t14-,17?,18?,19?,23?,24?,25?,26+/m1/s1. The Morgan fingerprint density at radius 3 is 2.59 bits per heavy atom. The van der Waals surface area contributed by atoms with Gasteiger partial charge < -0.3 is 20.1 Å². The summed E-state index contributed by atoms with van der Waals surface area (Å²) in [4.78, 5) is 47.8. The van der Waals surface area contributed by atoms with Crippen molar-refractivity contribution >= 4 is 23.5 Å². The minimum Gasteiger partial charge on any atom is -0.481 e. The molecule has 8 atom stereocenters. The van der Waals surface area contributed by atoms with Crippen molar-refractivity contribution in [3.05, 3.63) is 23.8 Å². The maximum Gasteiger partial charge on any atom is 0.306 e. The Labute approximate surface area is 199 Å². The number of carbonyl (C=O) groups is 4. The Morgan fingerprint density at radius 1 is 1.21 bits per heavy atom. The summed E-state index contributed by atoms with van der Waals surface area (Å²) in [6, 6.07) is 0. The van der Waals surface area contributed by atoms with Gasteiger partial charge in [-0.2, -0.15) is 0 Å². The number of Topliss-reactive ketones (excluding diaryl/α,β-unsaturated/α-hetero) is 1. The van der Waals surface area contributed by atoms with Crippen molar-refractivity contribution in [1.82, 2.24) is 0 Å². The fraction of sp³-hybridized carbons (Fsp3) is 0.692. The summed E-state index contributed by atoms with van der Waals surface area (Å²) in [7, 11) is 0. The average Bonchev–Trinajstić information content (AvgIpc) is 2.97. The molecule has 0 aromatic rings. The molecule has 3 saturated carbocycles. The van der Waals surface area contributed by atoms with Crippen molar-refractivity contribution in [2.45, 2.75) is 71.0 Å². The summed E-state index contributed by atoms with van der Waals surface area (Å²) in [5.74, 6) is -3.04. The molecule has 0 bridgehead atoms. The van der Waals surface area contributed by atoms with Gasteiger partial charge in [0.25, 0.3) is 0 Å². The molecule has 3 fully saturated rings. The fourth-order valence-corrected chi connectivity index (χ4v) is 7.79. The highest BCUT2D eigenvalue weighted by Crippen LogP contribution is 2.68. The Morgan fingerprint density at radius 2 is 1.91 bits per heavy atom. The van der Waals surface area contributed by atoms with Gasteiger partial charge in [-0.15, -0.1) is 0 Å². The molecule has 0 heterocycles. The van der Waals surface area contributed by atoms with Gasteiger partial charge in [0.05, 0.1) is 18.9 Å². The predicted molar refractivity (Wildman–Crippen MR) is 120 cm³/mol. The number of carbonyl (C=O) groups excluding carboxylic acids is 3. The molecule has 4 aliphatic rings. The van der Waals surface area contributed by atoms with Gasteiger partial charge in [-0.3, -0.25) is 19.2 Å². The van der Waals surface area contributed by atoms with Crippen LogP contribution in [0.2, 0.25) is 0 Å². The summed E-state index contributed by atoms with van der Waals surface area (Å²) in [6.07, 6.45) is 6.00. The van der Waals surface area contributed by atoms with Crippen LogP contribution in [0.4, 0.5) is 0 Å². The van der Waals surface area contributed by atoms with E-state index >= 15 is 0 Å². The third kappa shape index (κ3) is 3.57. The normalized spacial score (nSPS) is 42.8. The van der Waals surface area contributed by atoms with Crippen molar-refractivity contribution in [2.24, 2.45) is 34.5 Å². The lowest BCUT2D eigenvalue weighted by Crippen LogP contribution is -2.62. The van der Waals surface area contributed by atoms with Crippen LogP contribution in [0, 0.1) is 34.5 Å². The Balaban J connectivity index is 1.58. The number of hydrogen-bond acceptors (Lipinski definition) is 7. The number of aliphatic hydroxyl groups is 2. The Kier molecular flexibility index (Phi) is 6.13. The number of ketones is 2. The molecule has 3 N–H and O–H groups in total. The van der Waals surface area contributed by atoms with E-state index in [0.717, 1.165) is 18.4 Å². The molecule has 0 aromatic heterocycles. The number of aliphatic hydroxyl groups excluding tert-OH is 1. The van der Waals surface area contributed by atoms with Crippen molar-refractivity contribution in [3.63, 3.8) is 0 Å². The van der Waals surface area contributed by atoms with Gasteiger partial charge in [0.2, 0.25) is 5.78 Å². The van der Waals surface area contributed by atoms with E-state index in [9.17, 15) is 29.4 Å². The molecule has 0 saturated heterocycles. The third-order valence-electron chi connectivity index (χ3n) is 9.41. The quantitative estimate of drug-likeness (QED) is 0.498. The first-order valence-corrected chi connectivity index (χ1v) is 12.1. The molecule has 8 nitrogen and oxygen atoms in total. The van der Waals surface area contributed by atoms with Crippen LogP contribution < -0.4 is 0 Å². The van der Waals surface area contributed by atoms with Crippen LogP contribution in [0.5, 0.6) is 0 Å². The van der Waals surface area contributed by atoms with Crippen LogP contribution in [-0.2, 0) is 23.9 Å². The molecule has 4 rings (SSSR count). The van der Waals surface area contributed by atoms with Crippen LogP contribution in [0.1, 0.15) is 59.3 Å². The van der Waals surface area contributed by atoms with Gasteiger partial charge in [0.1, 0.15) is 5.60 Å². The lowest BCUT2D eigenvalue weighted by molar-refractivity contribution is -0.186. The average molecular weight is 475 g/mol. The van der Waals surface area contributed by atoms with Crippen LogP contribution in [0.3, 0.4) is 0 Å². The first-order chi connectivity index (χ1) is 15.8. The monoisotopic (exact) mass is 474 g/mol. The predicted octanol–water partition coefficient (Wildman–Crippen LogP) is 2.22. The molecule has 4 aliphatic carbocycles. The molecule has 186 valence electrons. The summed E-state index contributed by atoms with van der Waals surface area (Å²) < 4.78 is 5.01. The van der Waals surface area contributed by atoms with E-state index in [-0.39, 0.29) is 36.4 Å². The molecule has 34 heavy (non-hydrogen) atoms. The number of allylic oxidation sites excluding steroid dienone is 4. The van der Waals surface area contributed by atoms with E-state index in [4.69, 9.17) is 9.84 Å². The second kappa shape index (κ2) is 8.41. The first-order valence-electron chi connectivity index (χ1n) is 12.1. The highest BCUT2D eigenvalue weighted by molar-refractivity contribution is 6.01. The lowest BCUT2D eigenvalue weighted by Gasteiger charge is -2.59. The van der Waals surface area contributed by atoms with Crippen molar-refractivity contribution in [3.8, 4) is 0 Å². The molecular formula is C26H34O8. The number of ether oxygens (including phenoxy) is 1. The van der Waals surface area contributed by atoms with E-state index in [1.807, 2.05) is 19.9 Å². The highest BCUT2D eigenvalue weighted by Gasteiger charge is 2.70. The smallest absolute Gasteiger partial charge is 0.306 e. The molecule has 8 heteroatoms. The van der Waals surface area contributed by atoms with Crippen LogP contribution in [0.15, 0.2) is 23.8 Å². The number of carboxylic acid groups (broad SMARTS) is 1. The Hall–Kier alpha value is -2.32. The van der Waals surface area contributed by atoms with E-state index < -0.39 is 59.2 Å². The van der Waals surface area contributed by atoms with E-state index in [0.29, 0.717) is 6.42 Å². The molecule has 0 spiro atoms. The molecule has 6 unspecified atom stereocenters. The van der Waals surface area contributed by atoms with E-state index in [2.05, 4.69) is 6.92 Å². The maximum atomic E-state index is 13.3. The maximum absolute atomic E-state index is 13.3. The lowest BCUT2D eigenvalue weighted by atomic mass is 9.46. The highest BCUT2D eigenvalue weighted by atomic mass is 16.5. The fourth-order valence-electron chi connectivity index (χ4n) is 7.79. The number of carboxylic acids is 1. The molecule has 0 radical (unpaired) electrons. The topological polar surface area (TPSA) is 138 Å². The van der Waals surface area contributed by atoms with Gasteiger partial charge in [-0.05, 0) is 55.6 Å². The zero-order chi connectivity index (χ0) is 25.1. The molecule has 0 aliphatic heterocycles. The van der Waals surface area contributed by atoms with Crippen LogP contribution >= 0.6 is 0 Å². The van der Waals surface area contributed by atoms with Crippen molar-refractivity contribution < 1.29 is 39.2 Å². The summed E-state index contributed by atoms with van der Waals surface area (Å²) in [6.45, 7) is 5.13. The second-order valence-electron chi connectivity index (χ2n) is 11.1. The number of aliphatic carboxylic acids is 1. The summed E-state index contributed by atoms with van der Waals surface area (Å²) >= 11 is 0. The number of hydrogen-bond donors (Lipinski definition) is 3. The largest absolute Gasteiger partial charge is 0.481 e. The second-order valence-corrected chi connectivity index (χ2v) is 11.1. The van der Waals surface area contributed by atoms with Crippen LogP contribution in [0.25, 0.3) is 0 Å². The van der Waals surface area contributed by atoms with Gasteiger partial charge in [0.15, 0.2) is 12.4 Å². The third-order valence-corrected chi connectivity index (χ3v) is 9.41. The molecule has 0 amide bonds. The van der Waals surface area contributed by atoms with Crippen molar-refractivity contribution in [2.75, 3.05) is 6.61 Å². The van der Waals surface area contributed by atoms with Gasteiger partial charge in [-0.1, -0.05) is 32.4 Å².